The van der Waals surface area contributed by atoms with Crippen LogP contribution in [0.3, 0.4) is 0 Å². The molecule has 0 aliphatic rings. The molecule has 4 heteroatoms. The highest BCUT2D eigenvalue weighted by Gasteiger charge is 2.17. The highest BCUT2D eigenvalue weighted by atomic mass is 16.5. The average molecular weight is 222 g/mol. The fourth-order valence-electron chi connectivity index (χ4n) is 1.23. The molecule has 1 amide bonds. The Balaban J connectivity index is 2.69. The molecule has 3 N–H and O–H groups in total. The first-order chi connectivity index (χ1) is 7.54. The Hall–Kier alpha value is -1.55. The van der Waals surface area contributed by atoms with Crippen molar-refractivity contribution in [1.82, 2.24) is 0 Å². The molecule has 0 bridgehead atoms. The largest absolute Gasteiger partial charge is 0.497 e. The van der Waals surface area contributed by atoms with E-state index in [0.29, 0.717) is 11.4 Å². The van der Waals surface area contributed by atoms with E-state index >= 15 is 0 Å². The second kappa shape index (κ2) is 5.51. The minimum Gasteiger partial charge on any atom is -0.497 e. The van der Waals surface area contributed by atoms with Gasteiger partial charge in [-0.05, 0) is 18.1 Å². The topological polar surface area (TPSA) is 64.3 Å². The summed E-state index contributed by atoms with van der Waals surface area (Å²) in [6, 6.07) is 6.69. The van der Waals surface area contributed by atoms with Crippen molar-refractivity contribution < 1.29 is 9.53 Å². The van der Waals surface area contributed by atoms with E-state index in [1.54, 1.807) is 19.2 Å². The maximum absolute atomic E-state index is 11.7. The van der Waals surface area contributed by atoms with Crippen LogP contribution in [0.5, 0.6) is 5.75 Å². The van der Waals surface area contributed by atoms with Gasteiger partial charge in [-0.15, -0.1) is 0 Å². The first kappa shape index (κ1) is 12.5. The summed E-state index contributed by atoms with van der Waals surface area (Å²) in [7, 11) is 1.58. The van der Waals surface area contributed by atoms with Crippen molar-refractivity contribution in [3.8, 4) is 5.75 Å². The van der Waals surface area contributed by atoms with Gasteiger partial charge in [0.1, 0.15) is 5.75 Å². The average Bonchev–Trinajstić information content (AvgIpc) is 2.28. The van der Waals surface area contributed by atoms with Crippen molar-refractivity contribution in [1.29, 1.82) is 0 Å². The standard InChI is InChI=1S/C12H18N2O2/c1-8(2)11(13)12(15)14-9-5-4-6-10(7-9)16-3/h4-8,11H,13H2,1-3H3,(H,14,15). The Kier molecular flexibility index (Phi) is 4.31. The smallest absolute Gasteiger partial charge is 0.241 e. The maximum Gasteiger partial charge on any atom is 0.241 e. The summed E-state index contributed by atoms with van der Waals surface area (Å²) >= 11 is 0. The van der Waals surface area contributed by atoms with Gasteiger partial charge in [-0.3, -0.25) is 4.79 Å². The third-order valence-corrected chi connectivity index (χ3v) is 2.36. The van der Waals surface area contributed by atoms with Gasteiger partial charge in [0.25, 0.3) is 0 Å². The third-order valence-electron chi connectivity index (χ3n) is 2.36. The maximum atomic E-state index is 11.7. The number of carbonyl (C=O) groups excluding carboxylic acids is 1. The number of benzene rings is 1. The molecule has 0 aromatic heterocycles. The number of methoxy groups -OCH3 is 1. The number of rotatable bonds is 4. The lowest BCUT2D eigenvalue weighted by molar-refractivity contribution is -0.118. The molecule has 0 spiro atoms. The molecule has 1 aromatic carbocycles. The van der Waals surface area contributed by atoms with Gasteiger partial charge in [-0.1, -0.05) is 19.9 Å². The number of nitrogens with one attached hydrogen (secondary N) is 1. The van der Waals surface area contributed by atoms with Gasteiger partial charge >= 0.3 is 0 Å². The van der Waals surface area contributed by atoms with Crippen LogP contribution in [0.25, 0.3) is 0 Å². The normalized spacial score (nSPS) is 12.3. The summed E-state index contributed by atoms with van der Waals surface area (Å²) in [5.74, 6) is 0.643. The highest BCUT2D eigenvalue weighted by molar-refractivity contribution is 5.94. The number of ether oxygens (including phenoxy) is 1. The summed E-state index contributed by atoms with van der Waals surface area (Å²) in [5, 5.41) is 2.75. The molecule has 4 nitrogen and oxygen atoms in total. The van der Waals surface area contributed by atoms with E-state index in [0.717, 1.165) is 0 Å². The Morgan fingerprint density at radius 1 is 1.44 bits per heavy atom. The van der Waals surface area contributed by atoms with Gasteiger partial charge in [0.15, 0.2) is 0 Å². The molecule has 1 aromatic rings. The summed E-state index contributed by atoms with van der Waals surface area (Å²) in [5.41, 5.74) is 6.43. The van der Waals surface area contributed by atoms with Crippen molar-refractivity contribution in [3.05, 3.63) is 24.3 Å². The zero-order valence-corrected chi connectivity index (χ0v) is 9.86. The zero-order valence-electron chi connectivity index (χ0n) is 9.86. The lowest BCUT2D eigenvalue weighted by Gasteiger charge is -2.15. The van der Waals surface area contributed by atoms with Crippen LogP contribution in [-0.2, 0) is 4.79 Å². The van der Waals surface area contributed by atoms with Crippen LogP contribution in [0.1, 0.15) is 13.8 Å². The minimum atomic E-state index is -0.494. The second-order valence-electron chi connectivity index (χ2n) is 3.99. The van der Waals surface area contributed by atoms with Crippen LogP contribution in [-0.4, -0.2) is 19.1 Å². The van der Waals surface area contributed by atoms with E-state index in [4.69, 9.17) is 10.5 Å². The molecule has 0 heterocycles. The molecule has 1 atom stereocenters. The second-order valence-corrected chi connectivity index (χ2v) is 3.99. The summed E-state index contributed by atoms with van der Waals surface area (Å²) in [6.07, 6.45) is 0. The van der Waals surface area contributed by atoms with E-state index in [9.17, 15) is 4.79 Å². The van der Waals surface area contributed by atoms with Crippen molar-refractivity contribution in [3.63, 3.8) is 0 Å². The van der Waals surface area contributed by atoms with Crippen molar-refractivity contribution >= 4 is 11.6 Å². The molecular weight excluding hydrogens is 204 g/mol. The van der Waals surface area contributed by atoms with Crippen molar-refractivity contribution in [2.75, 3.05) is 12.4 Å². The van der Waals surface area contributed by atoms with Crippen LogP contribution in [0.4, 0.5) is 5.69 Å². The van der Waals surface area contributed by atoms with Crippen molar-refractivity contribution in [2.24, 2.45) is 11.7 Å². The Bertz CT molecular complexity index is 364. The molecule has 0 aliphatic heterocycles. The molecule has 0 saturated carbocycles. The van der Waals surface area contributed by atoms with Gasteiger partial charge in [0, 0.05) is 11.8 Å². The van der Waals surface area contributed by atoms with Crippen LogP contribution in [0.15, 0.2) is 24.3 Å². The van der Waals surface area contributed by atoms with E-state index < -0.39 is 6.04 Å². The van der Waals surface area contributed by atoms with Gasteiger partial charge in [-0.2, -0.15) is 0 Å². The fourth-order valence-corrected chi connectivity index (χ4v) is 1.23. The first-order valence-corrected chi connectivity index (χ1v) is 5.25. The van der Waals surface area contributed by atoms with Gasteiger partial charge in [0.05, 0.1) is 13.2 Å². The number of carbonyl (C=O) groups is 1. The number of amides is 1. The predicted molar refractivity (Wildman–Crippen MR) is 64.4 cm³/mol. The van der Waals surface area contributed by atoms with Gasteiger partial charge < -0.3 is 15.8 Å². The molecule has 88 valence electrons. The van der Waals surface area contributed by atoms with E-state index in [-0.39, 0.29) is 11.8 Å². The van der Waals surface area contributed by atoms with Crippen LogP contribution >= 0.6 is 0 Å². The summed E-state index contributed by atoms with van der Waals surface area (Å²) < 4.78 is 5.06. The van der Waals surface area contributed by atoms with Crippen LogP contribution in [0.2, 0.25) is 0 Å². The highest BCUT2D eigenvalue weighted by Crippen LogP contribution is 2.17. The molecule has 0 radical (unpaired) electrons. The quantitative estimate of drug-likeness (QED) is 0.813. The van der Waals surface area contributed by atoms with Gasteiger partial charge in [-0.25, -0.2) is 0 Å². The number of hydrogen-bond acceptors (Lipinski definition) is 3. The Morgan fingerprint density at radius 2 is 2.12 bits per heavy atom. The van der Waals surface area contributed by atoms with E-state index in [1.165, 1.54) is 0 Å². The first-order valence-electron chi connectivity index (χ1n) is 5.25. The molecule has 0 fully saturated rings. The molecule has 0 saturated heterocycles. The molecule has 1 unspecified atom stereocenters. The summed E-state index contributed by atoms with van der Waals surface area (Å²) in [6.45, 7) is 3.83. The monoisotopic (exact) mass is 222 g/mol. The van der Waals surface area contributed by atoms with E-state index in [2.05, 4.69) is 5.32 Å². The predicted octanol–water partition coefficient (Wildman–Crippen LogP) is 1.62. The molecule has 0 aliphatic carbocycles. The Labute approximate surface area is 95.8 Å². The van der Waals surface area contributed by atoms with Crippen molar-refractivity contribution in [2.45, 2.75) is 19.9 Å². The molecular formula is C12H18N2O2. The lowest BCUT2D eigenvalue weighted by Crippen LogP contribution is -2.39. The summed E-state index contributed by atoms with van der Waals surface area (Å²) in [4.78, 5) is 11.7. The Morgan fingerprint density at radius 3 is 2.69 bits per heavy atom. The number of hydrogen-bond donors (Lipinski definition) is 2. The zero-order chi connectivity index (χ0) is 12.1. The minimum absolute atomic E-state index is 0.116. The van der Waals surface area contributed by atoms with Gasteiger partial charge in [0.2, 0.25) is 5.91 Å². The lowest BCUT2D eigenvalue weighted by atomic mass is 10.0. The molecule has 16 heavy (non-hydrogen) atoms. The number of nitrogens with two attached hydrogens (primary N) is 1. The van der Waals surface area contributed by atoms with Crippen LogP contribution < -0.4 is 15.8 Å². The third kappa shape index (κ3) is 3.24. The number of anilines is 1. The SMILES string of the molecule is COc1cccc(NC(=O)C(N)C(C)C)c1. The van der Waals surface area contributed by atoms with E-state index in [1.807, 2.05) is 26.0 Å². The fraction of sp³-hybridized carbons (Fsp3) is 0.417. The van der Waals surface area contributed by atoms with Crippen LogP contribution in [0, 0.1) is 5.92 Å². The molecule has 1 rings (SSSR count).